The third-order valence-corrected chi connectivity index (χ3v) is 5.56. The maximum absolute atomic E-state index is 12.4. The number of carbonyl (C=O) groups excluding carboxylic acids is 1. The summed E-state index contributed by atoms with van der Waals surface area (Å²) in [6.07, 6.45) is 0.771. The fourth-order valence-corrected chi connectivity index (χ4v) is 3.59. The van der Waals surface area contributed by atoms with Gasteiger partial charge < -0.3 is 15.9 Å². The Labute approximate surface area is 178 Å². The van der Waals surface area contributed by atoms with Crippen molar-refractivity contribution in [1.82, 2.24) is 20.2 Å². The fraction of sp³-hybridized carbons (Fsp3) is 0.250. The molecule has 0 fully saturated rings. The first-order chi connectivity index (χ1) is 14.0. The molecule has 0 saturated heterocycles. The third-order valence-electron chi connectivity index (χ3n) is 4.36. The summed E-state index contributed by atoms with van der Waals surface area (Å²) in [6, 6.07) is 14.7. The molecule has 0 radical (unpaired) electrons. The van der Waals surface area contributed by atoms with Crippen molar-refractivity contribution in [3.63, 3.8) is 0 Å². The highest BCUT2D eigenvalue weighted by Gasteiger charge is 2.16. The van der Waals surface area contributed by atoms with E-state index in [1.54, 1.807) is 7.11 Å². The van der Waals surface area contributed by atoms with Crippen LogP contribution in [0.2, 0.25) is 5.02 Å². The van der Waals surface area contributed by atoms with E-state index in [0.29, 0.717) is 16.0 Å². The first-order valence-corrected chi connectivity index (χ1v) is 10.4. The molecule has 0 aliphatic carbocycles. The van der Waals surface area contributed by atoms with Crippen LogP contribution < -0.4 is 15.9 Å². The van der Waals surface area contributed by atoms with E-state index in [-0.39, 0.29) is 17.7 Å². The van der Waals surface area contributed by atoms with Crippen LogP contribution in [-0.4, -0.2) is 33.6 Å². The zero-order valence-electron chi connectivity index (χ0n) is 16.1. The molecule has 3 rings (SSSR count). The predicted molar refractivity (Wildman–Crippen MR) is 116 cm³/mol. The molecule has 0 spiro atoms. The Hall–Kier alpha value is -2.71. The lowest BCUT2D eigenvalue weighted by atomic mass is 10.0. The second-order valence-electron chi connectivity index (χ2n) is 6.27. The zero-order valence-corrected chi connectivity index (χ0v) is 17.7. The van der Waals surface area contributed by atoms with Gasteiger partial charge in [0, 0.05) is 10.6 Å². The zero-order chi connectivity index (χ0) is 20.8. The van der Waals surface area contributed by atoms with Crippen molar-refractivity contribution in [2.45, 2.75) is 24.5 Å². The SMILES string of the molecule is CCC(NC(=O)CSc1nnc(-c2ccc(OC)cc2)n1N)c1ccc(Cl)cc1. The molecule has 0 saturated carbocycles. The van der Waals surface area contributed by atoms with Gasteiger partial charge >= 0.3 is 0 Å². The van der Waals surface area contributed by atoms with E-state index in [4.69, 9.17) is 22.2 Å². The number of aromatic nitrogens is 3. The number of nitrogens with one attached hydrogen (secondary N) is 1. The normalized spacial score (nSPS) is 11.8. The van der Waals surface area contributed by atoms with Crippen LogP contribution in [0.3, 0.4) is 0 Å². The number of hydrogen-bond acceptors (Lipinski definition) is 6. The molecular weight excluding hydrogens is 410 g/mol. The number of methoxy groups -OCH3 is 1. The van der Waals surface area contributed by atoms with Crippen LogP contribution in [0.25, 0.3) is 11.4 Å². The Morgan fingerprint density at radius 2 is 1.90 bits per heavy atom. The number of rotatable bonds is 8. The summed E-state index contributed by atoms with van der Waals surface area (Å²) < 4.78 is 6.54. The fourth-order valence-electron chi connectivity index (χ4n) is 2.79. The van der Waals surface area contributed by atoms with Gasteiger partial charge in [-0.3, -0.25) is 4.79 Å². The van der Waals surface area contributed by atoms with Crippen LogP contribution in [0.1, 0.15) is 24.9 Å². The molecule has 29 heavy (non-hydrogen) atoms. The highest BCUT2D eigenvalue weighted by atomic mass is 35.5. The van der Waals surface area contributed by atoms with Gasteiger partial charge in [0.25, 0.3) is 0 Å². The maximum atomic E-state index is 12.4. The van der Waals surface area contributed by atoms with Gasteiger partial charge in [0.05, 0.1) is 18.9 Å². The monoisotopic (exact) mass is 431 g/mol. The molecule has 1 aromatic heterocycles. The standard InChI is InChI=1S/C20H22ClN5O2S/c1-3-17(13-4-8-15(21)9-5-13)23-18(27)12-29-20-25-24-19(26(20)22)14-6-10-16(28-2)11-7-14/h4-11,17H,3,12,22H2,1-2H3,(H,23,27). The number of nitrogen functional groups attached to an aromatic ring is 1. The number of amides is 1. The summed E-state index contributed by atoms with van der Waals surface area (Å²) in [5, 5.41) is 12.4. The van der Waals surface area contributed by atoms with E-state index in [1.807, 2.05) is 55.5 Å². The molecule has 2 aromatic carbocycles. The van der Waals surface area contributed by atoms with Crippen LogP contribution >= 0.6 is 23.4 Å². The van der Waals surface area contributed by atoms with Crippen LogP contribution in [0.4, 0.5) is 0 Å². The van der Waals surface area contributed by atoms with Gasteiger partial charge in [-0.1, -0.05) is 42.4 Å². The van der Waals surface area contributed by atoms with Gasteiger partial charge in [-0.15, -0.1) is 10.2 Å². The average molecular weight is 432 g/mol. The summed E-state index contributed by atoms with van der Waals surface area (Å²) in [4.78, 5) is 12.4. The molecule has 1 amide bonds. The number of halogens is 1. The van der Waals surface area contributed by atoms with Gasteiger partial charge in [-0.2, -0.15) is 0 Å². The van der Waals surface area contributed by atoms with E-state index >= 15 is 0 Å². The summed E-state index contributed by atoms with van der Waals surface area (Å²) in [7, 11) is 1.61. The smallest absolute Gasteiger partial charge is 0.230 e. The average Bonchev–Trinajstić information content (AvgIpc) is 3.11. The third kappa shape index (κ3) is 5.21. The number of carbonyl (C=O) groups is 1. The van der Waals surface area contributed by atoms with Crippen molar-refractivity contribution in [3.05, 3.63) is 59.1 Å². The number of thioether (sulfide) groups is 1. The van der Waals surface area contributed by atoms with E-state index < -0.39 is 0 Å². The van der Waals surface area contributed by atoms with Crippen molar-refractivity contribution >= 4 is 29.3 Å². The number of nitrogens with zero attached hydrogens (tertiary/aromatic N) is 3. The molecule has 3 aromatic rings. The van der Waals surface area contributed by atoms with Crippen LogP contribution in [-0.2, 0) is 4.79 Å². The quantitative estimate of drug-likeness (QED) is 0.417. The van der Waals surface area contributed by atoms with Crippen molar-refractivity contribution in [2.24, 2.45) is 0 Å². The minimum atomic E-state index is -0.106. The molecule has 152 valence electrons. The first-order valence-electron chi connectivity index (χ1n) is 9.04. The van der Waals surface area contributed by atoms with Crippen molar-refractivity contribution < 1.29 is 9.53 Å². The molecule has 0 aliphatic rings. The van der Waals surface area contributed by atoms with E-state index in [2.05, 4.69) is 15.5 Å². The summed E-state index contributed by atoms with van der Waals surface area (Å²) in [6.45, 7) is 2.02. The van der Waals surface area contributed by atoms with Crippen LogP contribution in [0.15, 0.2) is 53.7 Å². The van der Waals surface area contributed by atoms with Crippen molar-refractivity contribution in [3.8, 4) is 17.1 Å². The van der Waals surface area contributed by atoms with Crippen LogP contribution in [0.5, 0.6) is 5.75 Å². The van der Waals surface area contributed by atoms with Crippen LogP contribution in [0, 0.1) is 0 Å². The Morgan fingerprint density at radius 3 is 2.52 bits per heavy atom. The number of nitrogens with two attached hydrogens (primary N) is 1. The Kier molecular flexibility index (Phi) is 7.00. The lowest BCUT2D eigenvalue weighted by Gasteiger charge is -2.17. The molecule has 1 atom stereocenters. The predicted octanol–water partition coefficient (Wildman–Crippen LogP) is 3.68. The molecule has 7 nitrogen and oxygen atoms in total. The Morgan fingerprint density at radius 1 is 1.21 bits per heavy atom. The Bertz CT molecular complexity index is 960. The number of benzene rings is 2. The second kappa shape index (κ2) is 9.67. The molecule has 3 N–H and O–H groups in total. The van der Waals surface area contributed by atoms with Gasteiger partial charge in [0.2, 0.25) is 11.1 Å². The Balaban J connectivity index is 1.61. The maximum Gasteiger partial charge on any atom is 0.230 e. The minimum Gasteiger partial charge on any atom is -0.497 e. The van der Waals surface area contributed by atoms with Gasteiger partial charge in [-0.05, 0) is 48.4 Å². The highest BCUT2D eigenvalue weighted by Crippen LogP contribution is 2.24. The minimum absolute atomic E-state index is 0.0778. The first kappa shape index (κ1) is 21.0. The van der Waals surface area contributed by atoms with E-state index in [9.17, 15) is 4.79 Å². The summed E-state index contributed by atoms with van der Waals surface area (Å²) >= 11 is 7.17. The highest BCUT2D eigenvalue weighted by molar-refractivity contribution is 7.99. The van der Waals surface area contributed by atoms with Crippen molar-refractivity contribution in [2.75, 3.05) is 18.7 Å². The number of hydrogen-bond donors (Lipinski definition) is 2. The second-order valence-corrected chi connectivity index (χ2v) is 7.65. The lowest BCUT2D eigenvalue weighted by Crippen LogP contribution is -2.29. The summed E-state index contributed by atoms with van der Waals surface area (Å²) in [5.41, 5.74) is 1.82. The lowest BCUT2D eigenvalue weighted by molar-refractivity contribution is -0.119. The molecule has 1 heterocycles. The topological polar surface area (TPSA) is 95.1 Å². The van der Waals surface area contributed by atoms with E-state index in [0.717, 1.165) is 23.3 Å². The molecular formula is C20H22ClN5O2S. The van der Waals surface area contributed by atoms with E-state index in [1.165, 1.54) is 16.4 Å². The molecule has 1 unspecified atom stereocenters. The van der Waals surface area contributed by atoms with Gasteiger partial charge in [-0.25, -0.2) is 4.68 Å². The van der Waals surface area contributed by atoms with Gasteiger partial charge in [0.15, 0.2) is 5.82 Å². The number of ether oxygens (including phenoxy) is 1. The molecule has 9 heteroatoms. The summed E-state index contributed by atoms with van der Waals surface area (Å²) in [5.74, 6) is 7.46. The largest absolute Gasteiger partial charge is 0.497 e. The van der Waals surface area contributed by atoms with Gasteiger partial charge in [0.1, 0.15) is 5.75 Å². The van der Waals surface area contributed by atoms with Crippen molar-refractivity contribution in [1.29, 1.82) is 0 Å². The molecule has 0 bridgehead atoms. The molecule has 0 aliphatic heterocycles.